The Labute approximate surface area is 159 Å². The Balaban J connectivity index is 0.00000264. The van der Waals surface area contributed by atoms with Gasteiger partial charge in [-0.25, -0.2) is 0 Å². The second kappa shape index (κ2) is 11.4. The van der Waals surface area contributed by atoms with Crippen molar-refractivity contribution in [2.24, 2.45) is 4.99 Å². The highest BCUT2D eigenvalue weighted by molar-refractivity contribution is 14.0. The molecule has 2 N–H and O–H groups in total. The number of ether oxygens (including phenoxy) is 1. The van der Waals surface area contributed by atoms with Crippen LogP contribution in [0.25, 0.3) is 0 Å². The number of nitrogens with one attached hydrogen (secondary N) is 2. The van der Waals surface area contributed by atoms with Gasteiger partial charge in [-0.2, -0.15) is 0 Å². The Morgan fingerprint density at radius 2 is 1.91 bits per heavy atom. The number of aliphatic imine (C=N–C) groups is 1. The molecule has 0 saturated carbocycles. The van der Waals surface area contributed by atoms with Crippen LogP contribution in [0.3, 0.4) is 0 Å². The van der Waals surface area contributed by atoms with Gasteiger partial charge in [-0.3, -0.25) is 4.99 Å². The fourth-order valence-corrected chi connectivity index (χ4v) is 2.89. The lowest BCUT2D eigenvalue weighted by Crippen LogP contribution is -2.38. The van der Waals surface area contributed by atoms with Crippen LogP contribution in [0.15, 0.2) is 46.8 Å². The molecule has 2 rings (SSSR count). The van der Waals surface area contributed by atoms with Crippen LogP contribution in [0.5, 0.6) is 0 Å². The minimum Gasteiger partial charge on any atom is -0.380 e. The number of halogens is 1. The Hall–Kier alpha value is -1.12. The number of guanidine groups is 1. The molecule has 4 nitrogen and oxygen atoms in total. The molecule has 126 valence electrons. The third-order valence-corrected chi connectivity index (χ3v) is 4.27. The monoisotopic (exact) mass is 445 g/mol. The standard InChI is InChI=1S/C17H23N3OS.HI/c1-18-17(19-10-9-16-8-5-11-22-16)20-12-14-6-3-4-7-15(14)13-21-2;/h3-8,11H,9-10,12-13H2,1-2H3,(H2,18,19,20);1H. The van der Waals surface area contributed by atoms with Gasteiger partial charge in [-0.05, 0) is 29.0 Å². The fraction of sp³-hybridized carbons (Fsp3) is 0.353. The van der Waals surface area contributed by atoms with E-state index in [0.29, 0.717) is 6.61 Å². The molecule has 2 aromatic rings. The molecule has 23 heavy (non-hydrogen) atoms. The molecule has 0 aliphatic heterocycles. The number of rotatable bonds is 7. The summed E-state index contributed by atoms with van der Waals surface area (Å²) in [5, 5.41) is 8.80. The predicted octanol–water partition coefficient (Wildman–Crippen LogP) is 3.42. The first-order valence-corrected chi connectivity index (χ1v) is 8.24. The average molecular weight is 445 g/mol. The van der Waals surface area contributed by atoms with Gasteiger partial charge < -0.3 is 15.4 Å². The zero-order valence-corrected chi connectivity index (χ0v) is 16.7. The first-order valence-electron chi connectivity index (χ1n) is 7.36. The van der Waals surface area contributed by atoms with Crippen LogP contribution in [0.4, 0.5) is 0 Å². The molecule has 0 radical (unpaired) electrons. The maximum atomic E-state index is 5.24. The maximum absolute atomic E-state index is 5.24. The summed E-state index contributed by atoms with van der Waals surface area (Å²) < 4.78 is 5.24. The van der Waals surface area contributed by atoms with Crippen molar-refractivity contribution in [1.82, 2.24) is 10.6 Å². The number of hydrogen-bond donors (Lipinski definition) is 2. The molecule has 0 saturated heterocycles. The Kier molecular flexibility index (Phi) is 9.89. The molecule has 6 heteroatoms. The lowest BCUT2D eigenvalue weighted by molar-refractivity contribution is 0.184. The van der Waals surface area contributed by atoms with Crippen LogP contribution >= 0.6 is 35.3 Å². The number of nitrogens with zero attached hydrogens (tertiary/aromatic N) is 1. The van der Waals surface area contributed by atoms with Crippen LogP contribution in [0, 0.1) is 0 Å². The second-order valence-electron chi connectivity index (χ2n) is 4.88. The molecule has 0 spiro atoms. The number of hydrogen-bond acceptors (Lipinski definition) is 3. The Bertz CT molecular complexity index is 587. The van der Waals surface area contributed by atoms with E-state index in [0.717, 1.165) is 25.5 Å². The molecule has 0 atom stereocenters. The highest BCUT2D eigenvalue weighted by Gasteiger charge is 2.03. The van der Waals surface area contributed by atoms with E-state index in [1.807, 2.05) is 12.1 Å². The zero-order valence-electron chi connectivity index (χ0n) is 13.5. The normalized spacial score (nSPS) is 11.0. The van der Waals surface area contributed by atoms with Crippen molar-refractivity contribution in [3.63, 3.8) is 0 Å². The van der Waals surface area contributed by atoms with Crippen LogP contribution in [0.2, 0.25) is 0 Å². The van der Waals surface area contributed by atoms with E-state index >= 15 is 0 Å². The molecule has 1 heterocycles. The summed E-state index contributed by atoms with van der Waals surface area (Å²) in [7, 11) is 3.51. The van der Waals surface area contributed by atoms with E-state index < -0.39 is 0 Å². The molecule has 0 unspecified atom stereocenters. The van der Waals surface area contributed by atoms with Gasteiger partial charge in [-0.15, -0.1) is 35.3 Å². The summed E-state index contributed by atoms with van der Waals surface area (Å²) in [6.07, 6.45) is 1.01. The summed E-state index contributed by atoms with van der Waals surface area (Å²) in [6, 6.07) is 12.5. The molecule has 0 aliphatic rings. The van der Waals surface area contributed by atoms with Crippen LogP contribution < -0.4 is 10.6 Å². The van der Waals surface area contributed by atoms with Gasteiger partial charge in [0.15, 0.2) is 5.96 Å². The Morgan fingerprint density at radius 1 is 1.13 bits per heavy atom. The van der Waals surface area contributed by atoms with Crippen molar-refractivity contribution in [3.05, 3.63) is 57.8 Å². The molecular formula is C17H24IN3OS. The molecular weight excluding hydrogens is 421 g/mol. The predicted molar refractivity (Wildman–Crippen MR) is 109 cm³/mol. The van der Waals surface area contributed by atoms with E-state index in [1.165, 1.54) is 16.0 Å². The molecule has 0 aliphatic carbocycles. The molecule has 1 aromatic carbocycles. The van der Waals surface area contributed by atoms with Gasteiger partial charge in [0, 0.05) is 32.1 Å². The molecule has 0 amide bonds. The highest BCUT2D eigenvalue weighted by Crippen LogP contribution is 2.10. The largest absolute Gasteiger partial charge is 0.380 e. The van der Waals surface area contributed by atoms with Gasteiger partial charge in [0.05, 0.1) is 6.61 Å². The maximum Gasteiger partial charge on any atom is 0.191 e. The van der Waals surface area contributed by atoms with E-state index in [-0.39, 0.29) is 24.0 Å². The van der Waals surface area contributed by atoms with Crippen molar-refractivity contribution in [2.75, 3.05) is 20.7 Å². The van der Waals surface area contributed by atoms with Crippen molar-refractivity contribution in [1.29, 1.82) is 0 Å². The fourth-order valence-electron chi connectivity index (χ4n) is 2.18. The average Bonchev–Trinajstić information content (AvgIpc) is 3.05. The Morgan fingerprint density at radius 3 is 2.57 bits per heavy atom. The molecule has 1 aromatic heterocycles. The third kappa shape index (κ3) is 6.88. The topological polar surface area (TPSA) is 45.7 Å². The van der Waals surface area contributed by atoms with Gasteiger partial charge in [-0.1, -0.05) is 30.3 Å². The smallest absolute Gasteiger partial charge is 0.191 e. The van der Waals surface area contributed by atoms with Gasteiger partial charge >= 0.3 is 0 Å². The van der Waals surface area contributed by atoms with Crippen LogP contribution in [0.1, 0.15) is 16.0 Å². The van der Waals surface area contributed by atoms with Gasteiger partial charge in [0.1, 0.15) is 0 Å². The quantitative estimate of drug-likeness (QED) is 0.390. The van der Waals surface area contributed by atoms with Crippen LogP contribution in [-0.2, 0) is 24.3 Å². The minimum atomic E-state index is 0. The first-order chi connectivity index (χ1) is 10.8. The van der Waals surface area contributed by atoms with Crippen molar-refractivity contribution >= 4 is 41.3 Å². The lowest BCUT2D eigenvalue weighted by Gasteiger charge is -2.13. The summed E-state index contributed by atoms with van der Waals surface area (Å²) in [6.45, 7) is 2.24. The van der Waals surface area contributed by atoms with Gasteiger partial charge in [0.25, 0.3) is 0 Å². The summed E-state index contributed by atoms with van der Waals surface area (Å²) in [5.41, 5.74) is 2.43. The van der Waals surface area contributed by atoms with Crippen molar-refractivity contribution < 1.29 is 4.74 Å². The number of methoxy groups -OCH3 is 1. The second-order valence-corrected chi connectivity index (χ2v) is 5.92. The van der Waals surface area contributed by atoms with E-state index in [1.54, 1.807) is 25.5 Å². The first kappa shape index (κ1) is 19.9. The number of thiophene rings is 1. The van der Waals surface area contributed by atoms with E-state index in [4.69, 9.17) is 4.74 Å². The van der Waals surface area contributed by atoms with Gasteiger partial charge in [0.2, 0.25) is 0 Å². The SMILES string of the molecule is CN=C(NCCc1cccs1)NCc1ccccc1COC.I. The van der Waals surface area contributed by atoms with E-state index in [9.17, 15) is 0 Å². The van der Waals surface area contributed by atoms with Crippen molar-refractivity contribution in [3.8, 4) is 0 Å². The van der Waals surface area contributed by atoms with Crippen LogP contribution in [-0.4, -0.2) is 26.7 Å². The zero-order chi connectivity index (χ0) is 15.6. The minimum absolute atomic E-state index is 0. The third-order valence-electron chi connectivity index (χ3n) is 3.33. The lowest BCUT2D eigenvalue weighted by atomic mass is 10.1. The molecule has 0 bridgehead atoms. The van der Waals surface area contributed by atoms with E-state index in [2.05, 4.69) is 45.3 Å². The number of benzene rings is 1. The summed E-state index contributed by atoms with van der Waals surface area (Å²) >= 11 is 1.79. The highest BCUT2D eigenvalue weighted by atomic mass is 127. The van der Waals surface area contributed by atoms with Crippen molar-refractivity contribution in [2.45, 2.75) is 19.6 Å². The summed E-state index contributed by atoms with van der Waals surface area (Å²) in [5.74, 6) is 0.823. The molecule has 0 fully saturated rings. The summed E-state index contributed by atoms with van der Waals surface area (Å²) in [4.78, 5) is 5.65.